The van der Waals surface area contributed by atoms with Gasteiger partial charge in [-0.15, -0.1) is 11.8 Å². The van der Waals surface area contributed by atoms with Crippen molar-refractivity contribution in [3.63, 3.8) is 0 Å². The highest BCUT2D eigenvalue weighted by molar-refractivity contribution is 8.00. The summed E-state index contributed by atoms with van der Waals surface area (Å²) in [4.78, 5) is 46.7. The maximum absolute atomic E-state index is 12.0. The standard InChI is InChI=1S/C13H17NO4S.2C2H6/c1-3-10(16)4-6-14-12(17)8-11(13(14)18)19-7-5-9(2)15;2*1-2/h3,11H,1,4-8H2,2H3;2*1-2H3. The van der Waals surface area contributed by atoms with Gasteiger partial charge in [-0.1, -0.05) is 34.3 Å². The van der Waals surface area contributed by atoms with Crippen LogP contribution in [0.15, 0.2) is 12.7 Å². The van der Waals surface area contributed by atoms with E-state index in [9.17, 15) is 19.2 Å². The smallest absolute Gasteiger partial charge is 0.242 e. The van der Waals surface area contributed by atoms with Gasteiger partial charge in [0.2, 0.25) is 11.8 Å². The van der Waals surface area contributed by atoms with Crippen molar-refractivity contribution in [2.45, 2.75) is 59.1 Å². The molecule has 2 amide bonds. The minimum atomic E-state index is -0.411. The van der Waals surface area contributed by atoms with Crippen molar-refractivity contribution >= 4 is 35.1 Å². The molecule has 1 aliphatic rings. The van der Waals surface area contributed by atoms with Crippen molar-refractivity contribution in [1.82, 2.24) is 4.90 Å². The molecule has 0 saturated carbocycles. The molecule has 1 rings (SSSR count). The van der Waals surface area contributed by atoms with E-state index in [-0.39, 0.29) is 42.8 Å². The summed E-state index contributed by atoms with van der Waals surface area (Å²) < 4.78 is 0. The van der Waals surface area contributed by atoms with E-state index in [1.165, 1.54) is 24.8 Å². The zero-order valence-corrected chi connectivity index (χ0v) is 15.7. The van der Waals surface area contributed by atoms with Crippen LogP contribution in [0, 0.1) is 0 Å². The predicted molar refractivity (Wildman–Crippen MR) is 95.4 cm³/mol. The van der Waals surface area contributed by atoms with Crippen molar-refractivity contribution in [2.24, 2.45) is 0 Å². The molecule has 0 bridgehead atoms. The van der Waals surface area contributed by atoms with Crippen LogP contribution >= 0.6 is 11.8 Å². The largest absolute Gasteiger partial charge is 0.300 e. The quantitative estimate of drug-likeness (QED) is 0.500. The first-order chi connectivity index (χ1) is 11.0. The molecule has 1 fully saturated rings. The van der Waals surface area contributed by atoms with Gasteiger partial charge in [-0.3, -0.25) is 24.1 Å². The molecule has 6 heteroatoms. The average Bonchev–Trinajstić information content (AvgIpc) is 2.82. The Balaban J connectivity index is 0. The Hall–Kier alpha value is -1.43. The summed E-state index contributed by atoms with van der Waals surface area (Å²) in [5, 5.41) is -0.411. The molecule has 1 saturated heterocycles. The molecule has 23 heavy (non-hydrogen) atoms. The molecule has 1 atom stereocenters. The van der Waals surface area contributed by atoms with E-state index in [2.05, 4.69) is 6.58 Å². The van der Waals surface area contributed by atoms with Crippen LogP contribution < -0.4 is 0 Å². The summed E-state index contributed by atoms with van der Waals surface area (Å²) in [6.07, 6.45) is 1.86. The van der Waals surface area contributed by atoms with Crippen LogP contribution in [-0.2, 0) is 19.2 Å². The van der Waals surface area contributed by atoms with Crippen molar-refractivity contribution in [2.75, 3.05) is 12.3 Å². The summed E-state index contributed by atoms with van der Waals surface area (Å²) in [6.45, 7) is 13.0. The monoisotopic (exact) mass is 343 g/mol. The first-order valence-corrected chi connectivity index (χ1v) is 9.11. The Labute approximate surface area is 143 Å². The summed E-state index contributed by atoms with van der Waals surface area (Å²) >= 11 is 1.33. The van der Waals surface area contributed by atoms with Crippen molar-refractivity contribution in [1.29, 1.82) is 0 Å². The van der Waals surface area contributed by atoms with Gasteiger partial charge in [-0.25, -0.2) is 0 Å². The number of carbonyl (C=O) groups excluding carboxylic acids is 4. The Bertz CT molecular complexity index is 421. The lowest BCUT2D eigenvalue weighted by molar-refractivity contribution is -0.138. The van der Waals surface area contributed by atoms with Crippen molar-refractivity contribution < 1.29 is 19.2 Å². The first kappa shape index (κ1) is 23.8. The van der Waals surface area contributed by atoms with E-state index in [0.717, 1.165) is 4.90 Å². The van der Waals surface area contributed by atoms with E-state index in [0.29, 0.717) is 12.2 Å². The highest BCUT2D eigenvalue weighted by atomic mass is 32.2. The fourth-order valence-electron chi connectivity index (χ4n) is 1.69. The number of carbonyl (C=O) groups is 4. The summed E-state index contributed by atoms with van der Waals surface area (Å²) in [5.41, 5.74) is 0. The predicted octanol–water partition coefficient (Wildman–Crippen LogP) is 3.02. The van der Waals surface area contributed by atoms with Crippen LogP contribution in [0.2, 0.25) is 0 Å². The number of imide groups is 1. The SMILES string of the molecule is C=CC(=O)CCN1C(=O)CC(SCCC(C)=O)C1=O.CC.CC. The second-order valence-electron chi connectivity index (χ2n) is 4.32. The van der Waals surface area contributed by atoms with E-state index in [1.807, 2.05) is 27.7 Å². The molecule has 0 spiro atoms. The van der Waals surface area contributed by atoms with Gasteiger partial charge in [0.15, 0.2) is 5.78 Å². The van der Waals surface area contributed by atoms with Crippen LogP contribution in [0.1, 0.15) is 53.9 Å². The number of amides is 2. The molecule has 0 radical (unpaired) electrons. The number of Topliss-reactive ketones (excluding diaryl/α,β-unsaturated/α-hetero) is 1. The van der Waals surface area contributed by atoms with E-state index in [4.69, 9.17) is 0 Å². The molecule has 0 aromatic heterocycles. The second-order valence-corrected chi connectivity index (χ2v) is 5.63. The fraction of sp³-hybridized carbons (Fsp3) is 0.647. The van der Waals surface area contributed by atoms with Gasteiger partial charge in [0.25, 0.3) is 0 Å². The Kier molecular flexibility index (Phi) is 14.7. The number of ketones is 2. The van der Waals surface area contributed by atoms with Gasteiger partial charge in [0.1, 0.15) is 5.78 Å². The number of thioether (sulfide) groups is 1. The molecule has 1 unspecified atom stereocenters. The summed E-state index contributed by atoms with van der Waals surface area (Å²) in [5.74, 6) is -0.0815. The van der Waals surface area contributed by atoms with Gasteiger partial charge >= 0.3 is 0 Å². The molecule has 0 aromatic carbocycles. The lowest BCUT2D eigenvalue weighted by atomic mass is 10.2. The Morgan fingerprint density at radius 2 is 1.78 bits per heavy atom. The van der Waals surface area contributed by atoms with Crippen LogP contribution in [0.25, 0.3) is 0 Å². The summed E-state index contributed by atoms with van der Waals surface area (Å²) in [6, 6.07) is 0. The fourth-order valence-corrected chi connectivity index (χ4v) is 2.91. The molecular formula is C17H29NO4S. The molecule has 0 aliphatic carbocycles. The first-order valence-electron chi connectivity index (χ1n) is 8.06. The Morgan fingerprint density at radius 1 is 1.22 bits per heavy atom. The van der Waals surface area contributed by atoms with Gasteiger partial charge in [-0.05, 0) is 13.0 Å². The number of hydrogen-bond acceptors (Lipinski definition) is 5. The minimum Gasteiger partial charge on any atom is -0.300 e. The Morgan fingerprint density at radius 3 is 2.26 bits per heavy atom. The van der Waals surface area contributed by atoms with E-state index in [1.54, 1.807) is 0 Å². The third kappa shape index (κ3) is 9.33. The van der Waals surface area contributed by atoms with Gasteiger partial charge < -0.3 is 0 Å². The molecule has 132 valence electrons. The maximum Gasteiger partial charge on any atom is 0.242 e. The average molecular weight is 343 g/mol. The minimum absolute atomic E-state index is 0.0673. The van der Waals surface area contributed by atoms with Gasteiger partial charge in [0.05, 0.1) is 5.25 Å². The summed E-state index contributed by atoms with van der Waals surface area (Å²) in [7, 11) is 0. The molecule has 0 aromatic rings. The number of rotatable bonds is 8. The van der Waals surface area contributed by atoms with E-state index >= 15 is 0 Å². The molecule has 0 N–H and O–H groups in total. The number of allylic oxidation sites excluding steroid dienone is 1. The van der Waals surface area contributed by atoms with Crippen molar-refractivity contribution in [3.05, 3.63) is 12.7 Å². The number of hydrogen-bond donors (Lipinski definition) is 0. The normalized spacial score (nSPS) is 16.0. The lowest BCUT2D eigenvalue weighted by Gasteiger charge is -2.13. The molecule has 5 nitrogen and oxygen atoms in total. The lowest BCUT2D eigenvalue weighted by Crippen LogP contribution is -2.33. The van der Waals surface area contributed by atoms with Crippen LogP contribution in [0.4, 0.5) is 0 Å². The zero-order valence-electron chi connectivity index (χ0n) is 14.9. The molecule has 1 heterocycles. The van der Waals surface area contributed by atoms with E-state index < -0.39 is 5.25 Å². The molecular weight excluding hydrogens is 314 g/mol. The molecule has 1 aliphatic heterocycles. The topological polar surface area (TPSA) is 71.5 Å². The second kappa shape index (κ2) is 14.2. The highest BCUT2D eigenvalue weighted by Gasteiger charge is 2.38. The highest BCUT2D eigenvalue weighted by Crippen LogP contribution is 2.25. The zero-order chi connectivity index (χ0) is 18.4. The maximum atomic E-state index is 12.0. The van der Waals surface area contributed by atoms with Gasteiger partial charge in [-0.2, -0.15) is 0 Å². The van der Waals surface area contributed by atoms with Crippen molar-refractivity contribution in [3.8, 4) is 0 Å². The van der Waals surface area contributed by atoms with Gasteiger partial charge in [0, 0.05) is 31.6 Å². The third-order valence-corrected chi connectivity index (χ3v) is 4.00. The van der Waals surface area contributed by atoms with Crippen LogP contribution in [0.3, 0.4) is 0 Å². The third-order valence-electron chi connectivity index (χ3n) is 2.79. The number of likely N-dealkylation sites (tertiary alicyclic amines) is 1. The van der Waals surface area contributed by atoms with Crippen LogP contribution in [-0.4, -0.2) is 45.8 Å². The van der Waals surface area contributed by atoms with Crippen LogP contribution in [0.5, 0.6) is 0 Å². The number of nitrogens with zero attached hydrogens (tertiary/aromatic N) is 1.